The van der Waals surface area contributed by atoms with Gasteiger partial charge in [0.05, 0.1) is 23.8 Å². The lowest BCUT2D eigenvalue weighted by Gasteiger charge is -2.14. The van der Waals surface area contributed by atoms with Crippen molar-refractivity contribution in [2.75, 3.05) is 31.7 Å². The minimum absolute atomic E-state index is 0.107. The summed E-state index contributed by atoms with van der Waals surface area (Å²) in [6.45, 7) is 5.09. The second-order valence-corrected chi connectivity index (χ2v) is 5.50. The van der Waals surface area contributed by atoms with Crippen LogP contribution in [-0.4, -0.2) is 36.9 Å². The number of methoxy groups -OCH3 is 1. The molecule has 1 aromatic heterocycles. The van der Waals surface area contributed by atoms with Gasteiger partial charge in [-0.05, 0) is 12.8 Å². The molecule has 4 nitrogen and oxygen atoms in total. The predicted octanol–water partition coefficient (Wildman–Crippen LogP) is 1.67. The first-order valence-corrected chi connectivity index (χ1v) is 6.93. The van der Waals surface area contributed by atoms with Gasteiger partial charge in [0.2, 0.25) is 0 Å². The zero-order chi connectivity index (χ0) is 12.3. The number of hydrogen-bond acceptors (Lipinski definition) is 5. The summed E-state index contributed by atoms with van der Waals surface area (Å²) in [5, 5.41) is 10.3. The Labute approximate surface area is 106 Å². The number of hydrogen-bond donors (Lipinski definition) is 1. The van der Waals surface area contributed by atoms with Gasteiger partial charge in [-0.25, -0.2) is 4.98 Å². The molecule has 0 aliphatic carbocycles. The zero-order valence-electron chi connectivity index (χ0n) is 10.5. The monoisotopic (exact) mass is 256 g/mol. The third-order valence-corrected chi connectivity index (χ3v) is 4.35. The maximum atomic E-state index is 9.27. The molecule has 1 aliphatic rings. The first-order chi connectivity index (χ1) is 8.28. The maximum absolute atomic E-state index is 9.27. The Morgan fingerprint density at radius 1 is 1.59 bits per heavy atom. The molecule has 0 amide bonds. The van der Waals surface area contributed by atoms with Crippen molar-refractivity contribution in [2.24, 2.45) is 5.92 Å². The Morgan fingerprint density at radius 3 is 3.00 bits per heavy atom. The van der Waals surface area contributed by atoms with Gasteiger partial charge in [0, 0.05) is 26.1 Å². The van der Waals surface area contributed by atoms with Gasteiger partial charge in [0.1, 0.15) is 0 Å². The van der Waals surface area contributed by atoms with E-state index in [1.807, 2.05) is 0 Å². The number of aliphatic hydroxyl groups is 1. The summed E-state index contributed by atoms with van der Waals surface area (Å²) in [7, 11) is 1.76. The van der Waals surface area contributed by atoms with Crippen molar-refractivity contribution in [1.82, 2.24) is 4.98 Å². The summed E-state index contributed by atoms with van der Waals surface area (Å²) in [6.07, 6.45) is 2.06. The van der Waals surface area contributed by atoms with Crippen LogP contribution in [-0.2, 0) is 17.8 Å². The Morgan fingerprint density at radius 2 is 2.41 bits per heavy atom. The van der Waals surface area contributed by atoms with Crippen LogP contribution in [0.5, 0.6) is 0 Å². The van der Waals surface area contributed by atoms with Gasteiger partial charge in [0.15, 0.2) is 5.13 Å². The fraction of sp³-hybridized carbons (Fsp3) is 0.750. The van der Waals surface area contributed by atoms with E-state index in [0.717, 1.165) is 41.8 Å². The highest BCUT2D eigenvalue weighted by Crippen LogP contribution is 2.30. The minimum Gasteiger partial charge on any atom is -0.391 e. The third kappa shape index (κ3) is 2.78. The van der Waals surface area contributed by atoms with Gasteiger partial charge >= 0.3 is 0 Å². The average Bonchev–Trinajstić information content (AvgIpc) is 2.94. The maximum Gasteiger partial charge on any atom is 0.185 e. The van der Waals surface area contributed by atoms with Crippen molar-refractivity contribution in [2.45, 2.75) is 26.4 Å². The molecule has 0 aromatic carbocycles. The van der Waals surface area contributed by atoms with Gasteiger partial charge in [-0.2, -0.15) is 0 Å². The average molecular weight is 256 g/mol. The van der Waals surface area contributed by atoms with Crippen molar-refractivity contribution in [1.29, 1.82) is 0 Å². The number of aromatic nitrogens is 1. The summed E-state index contributed by atoms with van der Waals surface area (Å²) in [4.78, 5) is 7.94. The Bertz CT molecular complexity index is 346. The first kappa shape index (κ1) is 12.8. The lowest BCUT2D eigenvalue weighted by molar-refractivity contribution is 0.161. The van der Waals surface area contributed by atoms with Crippen LogP contribution >= 0.6 is 11.3 Å². The molecule has 1 atom stereocenters. The molecule has 2 rings (SSSR count). The fourth-order valence-corrected chi connectivity index (χ4v) is 3.33. The molecule has 0 spiro atoms. The molecule has 1 fully saturated rings. The van der Waals surface area contributed by atoms with E-state index in [1.165, 1.54) is 6.42 Å². The smallest absolute Gasteiger partial charge is 0.185 e. The van der Waals surface area contributed by atoms with Crippen LogP contribution in [0.2, 0.25) is 0 Å². The molecule has 5 heteroatoms. The molecule has 1 aromatic rings. The molecule has 1 unspecified atom stereocenters. The van der Waals surface area contributed by atoms with Gasteiger partial charge in [0.25, 0.3) is 0 Å². The van der Waals surface area contributed by atoms with Crippen molar-refractivity contribution in [3.8, 4) is 0 Å². The van der Waals surface area contributed by atoms with Crippen LogP contribution in [0.25, 0.3) is 0 Å². The van der Waals surface area contributed by atoms with Crippen LogP contribution in [0.1, 0.15) is 23.9 Å². The number of thiazole rings is 1. The number of nitrogens with zero attached hydrogens (tertiary/aromatic N) is 2. The lowest BCUT2D eigenvalue weighted by atomic mass is 10.1. The van der Waals surface area contributed by atoms with Crippen molar-refractivity contribution in [3.05, 3.63) is 10.6 Å². The molecule has 1 saturated heterocycles. The van der Waals surface area contributed by atoms with Gasteiger partial charge in [-0.15, -0.1) is 0 Å². The molecule has 17 heavy (non-hydrogen) atoms. The number of ether oxygens (including phenoxy) is 1. The SMILES string of the molecule is CCc1nc(N2CCC(COC)C2)sc1CO. The number of rotatable bonds is 5. The van der Waals surface area contributed by atoms with E-state index in [0.29, 0.717) is 5.92 Å². The fourth-order valence-electron chi connectivity index (χ4n) is 2.28. The summed E-state index contributed by atoms with van der Waals surface area (Å²) >= 11 is 1.63. The third-order valence-electron chi connectivity index (χ3n) is 3.20. The van der Waals surface area contributed by atoms with E-state index in [4.69, 9.17) is 4.74 Å². The van der Waals surface area contributed by atoms with E-state index in [-0.39, 0.29) is 6.61 Å². The number of aryl methyl sites for hydroxylation is 1. The predicted molar refractivity (Wildman–Crippen MR) is 69.6 cm³/mol. The van der Waals surface area contributed by atoms with E-state index in [9.17, 15) is 5.11 Å². The summed E-state index contributed by atoms with van der Waals surface area (Å²) < 4.78 is 5.20. The molecule has 0 bridgehead atoms. The second kappa shape index (κ2) is 5.80. The van der Waals surface area contributed by atoms with Crippen LogP contribution in [0, 0.1) is 5.92 Å². The van der Waals surface area contributed by atoms with Crippen molar-refractivity contribution in [3.63, 3.8) is 0 Å². The summed E-state index contributed by atoms with van der Waals surface area (Å²) in [6, 6.07) is 0. The molecule has 0 saturated carbocycles. The quantitative estimate of drug-likeness (QED) is 0.870. The topological polar surface area (TPSA) is 45.6 Å². The minimum atomic E-state index is 0.107. The Kier molecular flexibility index (Phi) is 4.36. The highest BCUT2D eigenvalue weighted by atomic mass is 32.1. The van der Waals surface area contributed by atoms with Crippen LogP contribution in [0.4, 0.5) is 5.13 Å². The van der Waals surface area contributed by atoms with E-state index in [1.54, 1.807) is 18.4 Å². The molecule has 1 N–H and O–H groups in total. The zero-order valence-corrected chi connectivity index (χ0v) is 11.3. The van der Waals surface area contributed by atoms with Crippen LogP contribution < -0.4 is 4.90 Å². The molecule has 0 radical (unpaired) electrons. The van der Waals surface area contributed by atoms with Crippen LogP contribution in [0.3, 0.4) is 0 Å². The highest BCUT2D eigenvalue weighted by Gasteiger charge is 2.25. The second-order valence-electron chi connectivity index (χ2n) is 4.43. The molecule has 2 heterocycles. The molecule has 1 aliphatic heterocycles. The van der Waals surface area contributed by atoms with Crippen molar-refractivity contribution >= 4 is 16.5 Å². The van der Waals surface area contributed by atoms with Gasteiger partial charge < -0.3 is 14.7 Å². The van der Waals surface area contributed by atoms with Crippen LogP contribution in [0.15, 0.2) is 0 Å². The van der Waals surface area contributed by atoms with E-state index >= 15 is 0 Å². The molecule has 96 valence electrons. The summed E-state index contributed by atoms with van der Waals surface area (Å²) in [5.41, 5.74) is 1.04. The van der Waals surface area contributed by atoms with E-state index in [2.05, 4.69) is 16.8 Å². The normalized spacial score (nSPS) is 20.2. The standard InChI is InChI=1S/C12H20N2O2S/c1-3-10-11(7-15)17-12(13-10)14-5-4-9(6-14)8-16-2/h9,15H,3-8H2,1-2H3. The number of aliphatic hydroxyl groups excluding tert-OH is 1. The molecular weight excluding hydrogens is 236 g/mol. The lowest BCUT2D eigenvalue weighted by Crippen LogP contribution is -2.20. The van der Waals surface area contributed by atoms with E-state index < -0.39 is 0 Å². The highest BCUT2D eigenvalue weighted by molar-refractivity contribution is 7.15. The van der Waals surface area contributed by atoms with Gasteiger partial charge in [-0.1, -0.05) is 18.3 Å². The Hall–Kier alpha value is -0.650. The summed E-state index contributed by atoms with van der Waals surface area (Å²) in [5.74, 6) is 0.617. The Balaban J connectivity index is 2.05. The number of anilines is 1. The molecular formula is C12H20N2O2S. The first-order valence-electron chi connectivity index (χ1n) is 6.11. The largest absolute Gasteiger partial charge is 0.391 e. The van der Waals surface area contributed by atoms with Gasteiger partial charge in [-0.3, -0.25) is 0 Å². The van der Waals surface area contributed by atoms with Crippen molar-refractivity contribution < 1.29 is 9.84 Å².